The maximum absolute atomic E-state index is 12.5. The number of carbonyl (C=O) groups excluding carboxylic acids is 2. The number of hydrogen-bond acceptors (Lipinski definition) is 3. The lowest BCUT2D eigenvalue weighted by Gasteiger charge is -2.12. The van der Waals surface area contributed by atoms with Crippen LogP contribution in [0.25, 0.3) is 10.8 Å². The van der Waals surface area contributed by atoms with Gasteiger partial charge in [0.2, 0.25) is 5.91 Å². The van der Waals surface area contributed by atoms with Gasteiger partial charge in [-0.1, -0.05) is 62.4 Å². The molecule has 0 unspecified atom stereocenters. The van der Waals surface area contributed by atoms with Gasteiger partial charge < -0.3 is 10.1 Å². The van der Waals surface area contributed by atoms with Crippen molar-refractivity contribution in [1.82, 2.24) is 0 Å². The van der Waals surface area contributed by atoms with Crippen LogP contribution in [0.3, 0.4) is 0 Å². The lowest BCUT2D eigenvalue weighted by Crippen LogP contribution is -2.20. The zero-order chi connectivity index (χ0) is 18.5. The van der Waals surface area contributed by atoms with E-state index in [0.717, 1.165) is 16.3 Å². The Morgan fingerprint density at radius 1 is 0.923 bits per heavy atom. The van der Waals surface area contributed by atoms with Gasteiger partial charge in [-0.15, -0.1) is 0 Å². The van der Waals surface area contributed by atoms with Crippen LogP contribution < -0.4 is 5.32 Å². The molecule has 0 heterocycles. The van der Waals surface area contributed by atoms with Crippen LogP contribution in [-0.4, -0.2) is 11.9 Å². The molecule has 0 atom stereocenters. The van der Waals surface area contributed by atoms with Crippen molar-refractivity contribution in [2.75, 3.05) is 5.32 Å². The van der Waals surface area contributed by atoms with Crippen molar-refractivity contribution in [1.29, 1.82) is 0 Å². The predicted octanol–water partition coefficient (Wildman–Crippen LogP) is 4.79. The summed E-state index contributed by atoms with van der Waals surface area (Å²) < 4.78 is 5.46. The summed E-state index contributed by atoms with van der Waals surface area (Å²) in [6.07, 6.45) is 0. The van der Waals surface area contributed by atoms with Gasteiger partial charge in [-0.2, -0.15) is 0 Å². The van der Waals surface area contributed by atoms with Gasteiger partial charge in [0.25, 0.3) is 0 Å². The molecule has 0 spiro atoms. The minimum atomic E-state index is -0.460. The number of rotatable bonds is 5. The second-order valence-corrected chi connectivity index (χ2v) is 6.45. The Bertz CT molecular complexity index is 947. The lowest BCUT2D eigenvalue weighted by atomic mass is 10.1. The van der Waals surface area contributed by atoms with E-state index in [-0.39, 0.29) is 18.4 Å². The van der Waals surface area contributed by atoms with E-state index in [9.17, 15) is 9.59 Å². The van der Waals surface area contributed by atoms with Crippen LogP contribution in [0.15, 0.2) is 66.7 Å². The number of ether oxygens (including phenoxy) is 1. The fourth-order valence-corrected chi connectivity index (χ4v) is 2.60. The van der Waals surface area contributed by atoms with Gasteiger partial charge in [-0.25, -0.2) is 4.79 Å². The summed E-state index contributed by atoms with van der Waals surface area (Å²) in [4.78, 5) is 24.4. The maximum atomic E-state index is 12.5. The number of benzene rings is 3. The lowest BCUT2D eigenvalue weighted by molar-refractivity contribution is -0.118. The first-order valence-corrected chi connectivity index (χ1v) is 8.59. The number of para-hydroxylation sites is 1. The molecule has 3 aromatic carbocycles. The molecular formula is C22H21NO3. The molecule has 3 rings (SSSR count). The van der Waals surface area contributed by atoms with Crippen LogP contribution in [0.4, 0.5) is 5.69 Å². The number of hydrogen-bond donors (Lipinski definition) is 1. The average Bonchev–Trinajstić information content (AvgIpc) is 2.66. The highest BCUT2D eigenvalue weighted by molar-refractivity contribution is 6.01. The molecule has 26 heavy (non-hydrogen) atoms. The molecule has 4 nitrogen and oxygen atoms in total. The number of esters is 1. The van der Waals surface area contributed by atoms with Gasteiger partial charge in [0, 0.05) is 5.92 Å². The molecular weight excluding hydrogens is 326 g/mol. The van der Waals surface area contributed by atoms with E-state index in [1.54, 1.807) is 38.1 Å². The average molecular weight is 347 g/mol. The highest BCUT2D eigenvalue weighted by Gasteiger charge is 2.16. The summed E-state index contributed by atoms with van der Waals surface area (Å²) in [5, 5.41) is 5.02. The van der Waals surface area contributed by atoms with Crippen LogP contribution in [0.1, 0.15) is 29.8 Å². The van der Waals surface area contributed by atoms with E-state index in [4.69, 9.17) is 4.74 Å². The van der Waals surface area contributed by atoms with Gasteiger partial charge >= 0.3 is 5.97 Å². The standard InChI is InChI=1S/C22H21NO3/c1-15(2)21(24)23-20-10-6-5-9-19(20)22(25)26-14-16-11-12-17-7-3-4-8-18(17)13-16/h3-13,15H,14H2,1-2H3,(H,23,24). The van der Waals surface area contributed by atoms with E-state index >= 15 is 0 Å². The molecule has 1 amide bonds. The van der Waals surface area contributed by atoms with Gasteiger partial charge in [0.15, 0.2) is 0 Å². The minimum absolute atomic E-state index is 0.139. The Morgan fingerprint density at radius 3 is 2.38 bits per heavy atom. The van der Waals surface area contributed by atoms with Crippen molar-refractivity contribution in [3.05, 3.63) is 77.9 Å². The second kappa shape index (κ2) is 7.83. The van der Waals surface area contributed by atoms with Gasteiger partial charge in [-0.05, 0) is 34.5 Å². The molecule has 3 aromatic rings. The van der Waals surface area contributed by atoms with Crippen LogP contribution in [0.2, 0.25) is 0 Å². The molecule has 132 valence electrons. The Balaban J connectivity index is 1.72. The van der Waals surface area contributed by atoms with Gasteiger partial charge in [-0.3, -0.25) is 4.79 Å². The number of anilines is 1. The third kappa shape index (κ3) is 4.09. The number of amides is 1. The molecule has 0 fully saturated rings. The van der Waals surface area contributed by atoms with Gasteiger partial charge in [0.05, 0.1) is 11.3 Å². The molecule has 4 heteroatoms. The third-order valence-corrected chi connectivity index (χ3v) is 4.11. The maximum Gasteiger partial charge on any atom is 0.340 e. The fourth-order valence-electron chi connectivity index (χ4n) is 2.60. The smallest absolute Gasteiger partial charge is 0.340 e. The van der Waals surface area contributed by atoms with Crippen molar-refractivity contribution in [3.63, 3.8) is 0 Å². The van der Waals surface area contributed by atoms with Crippen molar-refractivity contribution in [2.24, 2.45) is 5.92 Å². The Labute approximate surface area is 152 Å². The zero-order valence-electron chi connectivity index (χ0n) is 14.9. The number of nitrogens with one attached hydrogen (secondary N) is 1. The van der Waals surface area contributed by atoms with Gasteiger partial charge in [0.1, 0.15) is 6.61 Å². The Kier molecular flexibility index (Phi) is 5.32. The molecule has 0 aliphatic rings. The monoisotopic (exact) mass is 347 g/mol. The molecule has 0 bridgehead atoms. The van der Waals surface area contributed by atoms with E-state index in [1.165, 1.54) is 0 Å². The number of fused-ring (bicyclic) bond motifs is 1. The summed E-state index contributed by atoms with van der Waals surface area (Å²) in [6.45, 7) is 3.78. The molecule has 0 saturated heterocycles. The first kappa shape index (κ1) is 17.7. The second-order valence-electron chi connectivity index (χ2n) is 6.45. The molecule has 0 aliphatic carbocycles. The minimum Gasteiger partial charge on any atom is -0.457 e. The fraction of sp³-hybridized carbons (Fsp3) is 0.182. The summed E-state index contributed by atoms with van der Waals surface area (Å²) >= 11 is 0. The van der Waals surface area contributed by atoms with E-state index in [2.05, 4.69) is 5.32 Å². The highest BCUT2D eigenvalue weighted by atomic mass is 16.5. The topological polar surface area (TPSA) is 55.4 Å². The van der Waals surface area contributed by atoms with Crippen molar-refractivity contribution >= 4 is 28.3 Å². The van der Waals surface area contributed by atoms with E-state index in [1.807, 2.05) is 42.5 Å². The summed E-state index contributed by atoms with van der Waals surface area (Å²) in [7, 11) is 0. The highest BCUT2D eigenvalue weighted by Crippen LogP contribution is 2.19. The van der Waals surface area contributed by atoms with Crippen molar-refractivity contribution < 1.29 is 14.3 Å². The number of carbonyl (C=O) groups is 2. The third-order valence-electron chi connectivity index (χ3n) is 4.11. The Morgan fingerprint density at radius 2 is 1.62 bits per heavy atom. The van der Waals surface area contributed by atoms with Crippen molar-refractivity contribution in [3.8, 4) is 0 Å². The van der Waals surface area contributed by atoms with Crippen molar-refractivity contribution in [2.45, 2.75) is 20.5 Å². The summed E-state index contributed by atoms with van der Waals surface area (Å²) in [5.41, 5.74) is 1.73. The van der Waals surface area contributed by atoms with E-state index < -0.39 is 5.97 Å². The molecule has 0 aliphatic heterocycles. The quantitative estimate of drug-likeness (QED) is 0.675. The van der Waals surface area contributed by atoms with Crippen LogP contribution in [-0.2, 0) is 16.1 Å². The molecule has 1 N–H and O–H groups in total. The Hall–Kier alpha value is -3.14. The molecule has 0 aromatic heterocycles. The summed E-state index contributed by atoms with van der Waals surface area (Å²) in [6, 6.07) is 20.9. The molecule has 0 saturated carbocycles. The van der Waals surface area contributed by atoms with Crippen LogP contribution >= 0.6 is 0 Å². The van der Waals surface area contributed by atoms with E-state index in [0.29, 0.717) is 11.3 Å². The SMILES string of the molecule is CC(C)C(=O)Nc1ccccc1C(=O)OCc1ccc2ccccc2c1. The first-order valence-electron chi connectivity index (χ1n) is 8.59. The van der Waals surface area contributed by atoms with Crippen LogP contribution in [0.5, 0.6) is 0 Å². The normalized spacial score (nSPS) is 10.7. The zero-order valence-corrected chi connectivity index (χ0v) is 14.9. The molecule has 0 radical (unpaired) electrons. The van der Waals surface area contributed by atoms with Crippen LogP contribution in [0, 0.1) is 5.92 Å². The largest absolute Gasteiger partial charge is 0.457 e. The first-order chi connectivity index (χ1) is 12.5. The predicted molar refractivity (Wildman–Crippen MR) is 103 cm³/mol. The summed E-state index contributed by atoms with van der Waals surface area (Å²) in [5.74, 6) is -0.769.